The van der Waals surface area contributed by atoms with E-state index in [0.717, 1.165) is 22.4 Å². The number of benzene rings is 2. The van der Waals surface area contributed by atoms with Crippen LogP contribution in [-0.4, -0.2) is 20.9 Å². The van der Waals surface area contributed by atoms with E-state index in [0.29, 0.717) is 10.7 Å². The maximum absolute atomic E-state index is 12.5. The average molecular weight is 396 g/mol. The van der Waals surface area contributed by atoms with Crippen LogP contribution in [0.4, 0.5) is 5.69 Å². The number of aromatic nitrogens is 2. The van der Waals surface area contributed by atoms with Gasteiger partial charge in [0.1, 0.15) is 5.56 Å². The van der Waals surface area contributed by atoms with Gasteiger partial charge in [0.2, 0.25) is 5.88 Å². The summed E-state index contributed by atoms with van der Waals surface area (Å²) >= 11 is 11.5. The van der Waals surface area contributed by atoms with Crippen molar-refractivity contribution in [1.82, 2.24) is 9.55 Å². The number of rotatable bonds is 2. The lowest BCUT2D eigenvalue weighted by molar-refractivity contribution is 0.431. The summed E-state index contributed by atoms with van der Waals surface area (Å²) in [5.41, 5.74) is 3.41. The van der Waals surface area contributed by atoms with Gasteiger partial charge in [0.05, 0.1) is 11.4 Å². The van der Waals surface area contributed by atoms with Crippen LogP contribution in [0.15, 0.2) is 52.3 Å². The first-order valence-corrected chi connectivity index (χ1v) is 8.95. The number of hydrogen-bond donors (Lipinski definition) is 2. The van der Waals surface area contributed by atoms with Crippen LogP contribution in [0.3, 0.4) is 0 Å². The van der Waals surface area contributed by atoms with E-state index < -0.39 is 5.56 Å². The Morgan fingerprint density at radius 1 is 1.22 bits per heavy atom. The Morgan fingerprint density at radius 3 is 2.81 bits per heavy atom. The molecular weight excluding hydrogens is 382 g/mol. The molecule has 0 aliphatic carbocycles. The molecule has 7 heteroatoms. The molecule has 3 aromatic rings. The van der Waals surface area contributed by atoms with Gasteiger partial charge in [-0.05, 0) is 49.0 Å². The van der Waals surface area contributed by atoms with Crippen LogP contribution in [0.2, 0.25) is 5.02 Å². The average Bonchev–Trinajstić information content (AvgIpc) is 3.05. The Bertz CT molecular complexity index is 1250. The first kappa shape index (κ1) is 17.5. The first-order valence-electron chi connectivity index (χ1n) is 8.16. The first-order chi connectivity index (χ1) is 13.0. The van der Waals surface area contributed by atoms with Gasteiger partial charge in [0, 0.05) is 22.4 Å². The summed E-state index contributed by atoms with van der Waals surface area (Å²) < 4.78 is 1.49. The normalized spacial score (nSPS) is 13.9. The smallest absolute Gasteiger partial charge is 0.262 e. The highest BCUT2D eigenvalue weighted by Crippen LogP contribution is 2.33. The number of nitrogens with zero attached hydrogens (tertiary/aromatic N) is 2. The van der Waals surface area contributed by atoms with Gasteiger partial charge in [-0.2, -0.15) is 0 Å². The quantitative estimate of drug-likeness (QED) is 0.611. The highest BCUT2D eigenvalue weighted by Gasteiger charge is 2.17. The highest BCUT2D eigenvalue weighted by atomic mass is 35.5. The molecule has 0 radical (unpaired) electrons. The van der Waals surface area contributed by atoms with Crippen molar-refractivity contribution in [2.75, 3.05) is 0 Å². The predicted molar refractivity (Wildman–Crippen MR) is 111 cm³/mol. The minimum absolute atomic E-state index is 0.0884. The third-order valence-electron chi connectivity index (χ3n) is 4.46. The van der Waals surface area contributed by atoms with Gasteiger partial charge >= 0.3 is 0 Å². The van der Waals surface area contributed by atoms with Crippen molar-refractivity contribution in [3.8, 4) is 11.6 Å². The zero-order valence-electron chi connectivity index (χ0n) is 14.2. The van der Waals surface area contributed by atoms with Gasteiger partial charge in [-0.15, -0.1) is 0 Å². The fraction of sp³-hybridized carbons (Fsp3) is 0.0500. The Hall–Kier alpha value is -2.96. The third-order valence-corrected chi connectivity index (χ3v) is 5.15. The van der Waals surface area contributed by atoms with Crippen LogP contribution in [0.5, 0.6) is 5.88 Å². The molecule has 5 nitrogen and oxygen atoms in total. The molecule has 0 saturated heterocycles. The van der Waals surface area contributed by atoms with Gasteiger partial charge < -0.3 is 5.11 Å². The molecule has 0 fully saturated rings. The van der Waals surface area contributed by atoms with Crippen molar-refractivity contribution < 1.29 is 5.11 Å². The Morgan fingerprint density at radius 2 is 2.00 bits per heavy atom. The third kappa shape index (κ3) is 2.93. The molecule has 4 rings (SSSR count). The second kappa shape index (κ2) is 6.64. The number of aromatic hydroxyl groups is 1. The van der Waals surface area contributed by atoms with E-state index in [1.54, 1.807) is 30.5 Å². The number of hydrogen-bond acceptors (Lipinski definition) is 4. The van der Waals surface area contributed by atoms with Crippen molar-refractivity contribution >= 4 is 47.4 Å². The molecule has 2 heterocycles. The number of aliphatic imine (C=N–C) groups is 1. The van der Waals surface area contributed by atoms with Gasteiger partial charge in [-0.3, -0.25) is 19.3 Å². The van der Waals surface area contributed by atoms with Crippen molar-refractivity contribution in [3.63, 3.8) is 0 Å². The van der Waals surface area contributed by atoms with E-state index in [1.807, 2.05) is 31.2 Å². The second-order valence-electron chi connectivity index (χ2n) is 6.09. The minimum atomic E-state index is -0.473. The van der Waals surface area contributed by atoms with Crippen molar-refractivity contribution in [1.29, 1.82) is 0 Å². The van der Waals surface area contributed by atoms with E-state index in [4.69, 9.17) is 23.8 Å². The Kier molecular flexibility index (Phi) is 4.30. The van der Waals surface area contributed by atoms with Gasteiger partial charge in [0.25, 0.3) is 5.56 Å². The summed E-state index contributed by atoms with van der Waals surface area (Å²) in [6.45, 7) is 1.82. The number of allylic oxidation sites excluding steroid dienone is 1. The number of aromatic amines is 1. The maximum atomic E-state index is 12.5. The Labute approximate surface area is 164 Å². The van der Waals surface area contributed by atoms with E-state index in [1.165, 1.54) is 4.57 Å². The molecule has 0 atom stereocenters. The van der Waals surface area contributed by atoms with Crippen molar-refractivity contribution in [3.05, 3.63) is 79.3 Å². The fourth-order valence-electron chi connectivity index (χ4n) is 3.04. The fourth-order valence-corrected chi connectivity index (χ4v) is 3.49. The molecule has 0 unspecified atom stereocenters. The van der Waals surface area contributed by atoms with E-state index in [9.17, 15) is 9.90 Å². The number of para-hydroxylation sites is 1. The monoisotopic (exact) mass is 395 g/mol. The molecule has 1 aliphatic heterocycles. The molecule has 0 spiro atoms. The SMILES string of the molecule is Cc1c(Cl)cccc1-n1c(O)c(C=C2C=Nc3ccccc32)c(=O)[nH]c1=S. The molecule has 0 amide bonds. The molecule has 0 bridgehead atoms. The van der Waals surface area contributed by atoms with Crippen LogP contribution >= 0.6 is 23.8 Å². The van der Waals surface area contributed by atoms with Crippen LogP contribution in [0, 0.1) is 11.7 Å². The molecule has 27 heavy (non-hydrogen) atoms. The molecule has 1 aliphatic rings. The topological polar surface area (TPSA) is 70.4 Å². The second-order valence-corrected chi connectivity index (χ2v) is 6.88. The molecule has 1 aromatic heterocycles. The van der Waals surface area contributed by atoms with Crippen LogP contribution in [-0.2, 0) is 0 Å². The molecular formula is C20H14ClN3O2S. The van der Waals surface area contributed by atoms with E-state index in [-0.39, 0.29) is 16.2 Å². The summed E-state index contributed by atoms with van der Waals surface area (Å²) in [7, 11) is 0. The largest absolute Gasteiger partial charge is 0.494 e. The zero-order valence-corrected chi connectivity index (χ0v) is 15.8. The lowest BCUT2D eigenvalue weighted by Gasteiger charge is -2.14. The number of halogens is 1. The number of H-pyrrole nitrogens is 1. The van der Waals surface area contributed by atoms with E-state index >= 15 is 0 Å². The molecule has 2 aromatic carbocycles. The van der Waals surface area contributed by atoms with E-state index in [2.05, 4.69) is 9.98 Å². The standard InChI is InChI=1S/C20H14ClN3O2S/c1-11-15(21)6-4-8-17(11)24-19(26)14(18(25)23-20(24)27)9-12-10-22-16-7-3-2-5-13(12)16/h2-10,26H,1H3,(H,23,25,27). The lowest BCUT2D eigenvalue weighted by Crippen LogP contribution is -2.16. The van der Waals surface area contributed by atoms with Gasteiger partial charge in [0.15, 0.2) is 4.77 Å². The zero-order chi connectivity index (χ0) is 19.1. The van der Waals surface area contributed by atoms with Crippen LogP contribution in [0.1, 0.15) is 16.7 Å². The predicted octanol–water partition coefficient (Wildman–Crippen LogP) is 4.82. The van der Waals surface area contributed by atoms with Crippen LogP contribution in [0.25, 0.3) is 17.3 Å². The number of fused-ring (bicyclic) bond motifs is 1. The lowest BCUT2D eigenvalue weighted by atomic mass is 10.1. The van der Waals surface area contributed by atoms with Gasteiger partial charge in [-0.25, -0.2) is 0 Å². The molecule has 134 valence electrons. The Balaban J connectivity index is 1.96. The van der Waals surface area contributed by atoms with Crippen LogP contribution < -0.4 is 5.56 Å². The summed E-state index contributed by atoms with van der Waals surface area (Å²) in [5.74, 6) is -0.251. The summed E-state index contributed by atoms with van der Waals surface area (Å²) in [6, 6.07) is 12.9. The molecule has 2 N–H and O–H groups in total. The minimum Gasteiger partial charge on any atom is -0.494 e. The van der Waals surface area contributed by atoms with Crippen molar-refractivity contribution in [2.24, 2.45) is 4.99 Å². The number of nitrogens with one attached hydrogen (secondary N) is 1. The van der Waals surface area contributed by atoms with Crippen molar-refractivity contribution in [2.45, 2.75) is 6.92 Å². The summed E-state index contributed by atoms with van der Waals surface area (Å²) in [6.07, 6.45) is 3.27. The van der Waals surface area contributed by atoms with Gasteiger partial charge in [-0.1, -0.05) is 35.9 Å². The highest BCUT2D eigenvalue weighted by molar-refractivity contribution is 7.71. The maximum Gasteiger partial charge on any atom is 0.262 e. The summed E-state index contributed by atoms with van der Waals surface area (Å²) in [4.78, 5) is 19.4. The molecule has 0 saturated carbocycles. The summed E-state index contributed by atoms with van der Waals surface area (Å²) in [5, 5.41) is 11.4.